The van der Waals surface area contributed by atoms with E-state index in [2.05, 4.69) is 15.9 Å². The number of hydrogen-bond donors (Lipinski definition) is 1. The lowest BCUT2D eigenvalue weighted by Crippen LogP contribution is -2.03. The van der Waals surface area contributed by atoms with Crippen molar-refractivity contribution in [2.24, 2.45) is 0 Å². The third-order valence-corrected chi connectivity index (χ3v) is 3.34. The molecule has 0 aliphatic carbocycles. The number of halogens is 4. The van der Waals surface area contributed by atoms with E-state index in [1.165, 1.54) is 0 Å². The summed E-state index contributed by atoms with van der Waals surface area (Å²) in [5.41, 5.74) is 0.332. The molecule has 2 aromatic rings. The lowest BCUT2D eigenvalue weighted by molar-refractivity contribution is 0.214. The van der Waals surface area contributed by atoms with Gasteiger partial charge >= 0.3 is 0 Å². The van der Waals surface area contributed by atoms with Gasteiger partial charge in [0.25, 0.3) is 0 Å². The molecule has 0 aromatic heterocycles. The van der Waals surface area contributed by atoms with Gasteiger partial charge in [-0.1, -0.05) is 39.7 Å². The molecule has 1 nitrogen and oxygen atoms in total. The zero-order valence-corrected chi connectivity index (χ0v) is 11.3. The first-order valence-corrected chi connectivity index (χ1v) is 6.24. The van der Waals surface area contributed by atoms with E-state index in [0.717, 1.165) is 16.6 Å². The summed E-state index contributed by atoms with van der Waals surface area (Å²) in [5, 5.41) is 9.71. The molecule has 18 heavy (non-hydrogen) atoms. The van der Waals surface area contributed by atoms with Gasteiger partial charge in [0.1, 0.15) is 17.7 Å². The smallest absolute Gasteiger partial charge is 0.142 e. The van der Waals surface area contributed by atoms with Crippen LogP contribution in [-0.2, 0) is 0 Å². The molecule has 0 radical (unpaired) electrons. The van der Waals surface area contributed by atoms with Crippen LogP contribution in [0.2, 0.25) is 5.02 Å². The van der Waals surface area contributed by atoms with Gasteiger partial charge in [-0.2, -0.15) is 0 Å². The van der Waals surface area contributed by atoms with Crippen molar-refractivity contribution < 1.29 is 13.9 Å². The van der Waals surface area contributed by atoms with E-state index in [1.54, 1.807) is 24.3 Å². The van der Waals surface area contributed by atoms with Gasteiger partial charge in [-0.3, -0.25) is 0 Å². The second-order valence-electron chi connectivity index (χ2n) is 3.74. The van der Waals surface area contributed by atoms with Crippen molar-refractivity contribution in [2.45, 2.75) is 6.10 Å². The van der Waals surface area contributed by atoms with E-state index >= 15 is 0 Å². The maximum atomic E-state index is 13.6. The van der Waals surface area contributed by atoms with Crippen LogP contribution in [0.1, 0.15) is 17.2 Å². The van der Waals surface area contributed by atoms with Crippen molar-refractivity contribution >= 4 is 27.5 Å². The fraction of sp³-hybridized carbons (Fsp3) is 0.0769. The summed E-state index contributed by atoms with van der Waals surface area (Å²) in [6, 6.07) is 8.44. The minimum absolute atomic E-state index is 0.140. The summed E-state index contributed by atoms with van der Waals surface area (Å²) in [6.07, 6.45) is -1.23. The summed E-state index contributed by atoms with van der Waals surface area (Å²) < 4.78 is 27.7. The van der Waals surface area contributed by atoms with Gasteiger partial charge in [0.2, 0.25) is 0 Å². The van der Waals surface area contributed by atoms with Gasteiger partial charge in [-0.05, 0) is 29.8 Å². The molecule has 0 spiro atoms. The van der Waals surface area contributed by atoms with Crippen LogP contribution < -0.4 is 0 Å². The summed E-state index contributed by atoms with van der Waals surface area (Å²) >= 11 is 8.71. The Morgan fingerprint density at radius 1 is 1.06 bits per heavy atom. The number of aliphatic hydroxyl groups is 1. The molecule has 0 saturated carbocycles. The molecular weight excluding hydrogens is 325 g/mol. The zero-order valence-electron chi connectivity index (χ0n) is 9.00. The van der Waals surface area contributed by atoms with Crippen molar-refractivity contribution in [3.8, 4) is 0 Å². The molecule has 1 N–H and O–H groups in total. The summed E-state index contributed by atoms with van der Waals surface area (Å²) in [6.45, 7) is 0. The Hall–Kier alpha value is -0.970. The Morgan fingerprint density at radius 2 is 1.67 bits per heavy atom. The molecule has 5 heteroatoms. The summed E-state index contributed by atoms with van der Waals surface area (Å²) in [5.74, 6) is -1.50. The second-order valence-corrected chi connectivity index (χ2v) is 5.06. The van der Waals surface area contributed by atoms with Crippen LogP contribution in [0.5, 0.6) is 0 Å². The van der Waals surface area contributed by atoms with Crippen LogP contribution >= 0.6 is 27.5 Å². The minimum Gasteiger partial charge on any atom is -0.384 e. The van der Waals surface area contributed by atoms with Gasteiger partial charge in [0.05, 0.1) is 5.02 Å². The highest BCUT2D eigenvalue weighted by atomic mass is 79.9. The highest BCUT2D eigenvalue weighted by molar-refractivity contribution is 9.10. The third-order valence-electron chi connectivity index (χ3n) is 2.52. The third kappa shape index (κ3) is 2.71. The van der Waals surface area contributed by atoms with E-state index < -0.39 is 17.7 Å². The predicted octanol–water partition coefficient (Wildman–Crippen LogP) is 4.46. The van der Waals surface area contributed by atoms with E-state index in [1.807, 2.05) is 0 Å². The first kappa shape index (κ1) is 13.5. The maximum Gasteiger partial charge on any atom is 0.142 e. The van der Waals surface area contributed by atoms with Gasteiger partial charge in [0.15, 0.2) is 0 Å². The topological polar surface area (TPSA) is 20.2 Å². The van der Waals surface area contributed by atoms with Gasteiger partial charge in [0, 0.05) is 10.0 Å². The average molecular weight is 334 g/mol. The Bertz CT molecular complexity index is 572. The molecule has 0 amide bonds. The standard InChI is InChI=1S/C13H8BrClF2O/c14-8-3-1-7(2-4-8)13(18)9-5-12(17)10(15)6-11(9)16/h1-6,13,18H. The van der Waals surface area contributed by atoms with Crippen LogP contribution in [0.3, 0.4) is 0 Å². The van der Waals surface area contributed by atoms with E-state index in [-0.39, 0.29) is 10.6 Å². The highest BCUT2D eigenvalue weighted by Crippen LogP contribution is 2.28. The van der Waals surface area contributed by atoms with Crippen molar-refractivity contribution in [3.63, 3.8) is 0 Å². The Labute approximate surface area is 116 Å². The van der Waals surface area contributed by atoms with Crippen molar-refractivity contribution in [1.29, 1.82) is 0 Å². The first-order valence-electron chi connectivity index (χ1n) is 5.07. The van der Waals surface area contributed by atoms with Crippen molar-refractivity contribution in [2.75, 3.05) is 0 Å². The molecule has 0 aliphatic heterocycles. The normalized spacial score (nSPS) is 12.5. The SMILES string of the molecule is OC(c1ccc(Br)cc1)c1cc(F)c(Cl)cc1F. The van der Waals surface area contributed by atoms with E-state index in [9.17, 15) is 13.9 Å². The van der Waals surface area contributed by atoms with Gasteiger partial charge in [-0.25, -0.2) is 8.78 Å². The van der Waals surface area contributed by atoms with Crippen LogP contribution in [0.25, 0.3) is 0 Å². The molecule has 0 aliphatic rings. The molecule has 1 unspecified atom stereocenters. The van der Waals surface area contributed by atoms with Gasteiger partial charge in [-0.15, -0.1) is 0 Å². The van der Waals surface area contributed by atoms with Crippen LogP contribution in [0, 0.1) is 11.6 Å². The fourth-order valence-electron chi connectivity index (χ4n) is 1.57. The summed E-state index contributed by atoms with van der Waals surface area (Å²) in [7, 11) is 0. The Balaban J connectivity index is 2.42. The lowest BCUT2D eigenvalue weighted by atomic mass is 10.0. The number of hydrogen-bond acceptors (Lipinski definition) is 1. The fourth-order valence-corrected chi connectivity index (χ4v) is 1.99. The summed E-state index contributed by atoms with van der Waals surface area (Å²) in [4.78, 5) is 0. The zero-order chi connectivity index (χ0) is 13.3. The highest BCUT2D eigenvalue weighted by Gasteiger charge is 2.17. The maximum absolute atomic E-state index is 13.6. The Kier molecular flexibility index (Phi) is 4.00. The van der Waals surface area contributed by atoms with Gasteiger partial charge < -0.3 is 5.11 Å². The second kappa shape index (κ2) is 5.34. The quantitative estimate of drug-likeness (QED) is 0.804. The number of rotatable bonds is 2. The number of aliphatic hydroxyl groups excluding tert-OH is 1. The molecule has 2 rings (SSSR count). The predicted molar refractivity (Wildman–Crippen MR) is 69.6 cm³/mol. The average Bonchev–Trinajstić information content (AvgIpc) is 2.34. The van der Waals surface area contributed by atoms with Crippen LogP contribution in [0.15, 0.2) is 40.9 Å². The molecule has 2 aromatic carbocycles. The lowest BCUT2D eigenvalue weighted by Gasteiger charge is -2.13. The molecule has 0 bridgehead atoms. The first-order chi connectivity index (χ1) is 8.49. The molecule has 0 fully saturated rings. The molecular formula is C13H8BrClF2O. The minimum atomic E-state index is -1.23. The van der Waals surface area contributed by atoms with Crippen molar-refractivity contribution in [3.05, 3.63) is 68.7 Å². The van der Waals surface area contributed by atoms with Crippen LogP contribution in [0.4, 0.5) is 8.78 Å². The van der Waals surface area contributed by atoms with E-state index in [4.69, 9.17) is 11.6 Å². The molecule has 0 saturated heterocycles. The van der Waals surface area contributed by atoms with Crippen LogP contribution in [-0.4, -0.2) is 5.11 Å². The molecule has 94 valence electrons. The largest absolute Gasteiger partial charge is 0.384 e. The molecule has 1 atom stereocenters. The van der Waals surface area contributed by atoms with Crippen molar-refractivity contribution in [1.82, 2.24) is 0 Å². The molecule has 0 heterocycles. The monoisotopic (exact) mass is 332 g/mol. The Morgan fingerprint density at radius 3 is 2.28 bits per heavy atom. The van der Waals surface area contributed by atoms with E-state index in [0.29, 0.717) is 5.56 Å². The number of benzene rings is 2.